The maximum absolute atomic E-state index is 13.1. The molecule has 20 heavy (non-hydrogen) atoms. The monoisotopic (exact) mass is 293 g/mol. The van der Waals surface area contributed by atoms with Crippen LogP contribution in [0, 0.1) is 5.82 Å². The highest BCUT2D eigenvalue weighted by molar-refractivity contribution is 7.98. The number of hydrogen-bond donors (Lipinski definition) is 1. The highest BCUT2D eigenvalue weighted by atomic mass is 32.2. The van der Waals surface area contributed by atoms with Crippen LogP contribution in [-0.2, 0) is 11.2 Å². The van der Waals surface area contributed by atoms with E-state index >= 15 is 0 Å². The lowest BCUT2D eigenvalue weighted by atomic mass is 9.90. The van der Waals surface area contributed by atoms with Crippen LogP contribution in [0.2, 0.25) is 0 Å². The molecule has 0 amide bonds. The molecule has 1 atom stereocenters. The highest BCUT2D eigenvalue weighted by Crippen LogP contribution is 2.29. The molecule has 0 aliphatic carbocycles. The first kappa shape index (κ1) is 13.6. The molecule has 1 saturated heterocycles. The van der Waals surface area contributed by atoms with Gasteiger partial charge in [-0.05, 0) is 38.1 Å². The van der Waals surface area contributed by atoms with Crippen LogP contribution in [0.15, 0.2) is 33.7 Å². The SMILES string of the molecule is CC1(c2nc(CSc3cccc(F)c3)no2)CCNC1. The Morgan fingerprint density at radius 3 is 3.15 bits per heavy atom. The summed E-state index contributed by atoms with van der Waals surface area (Å²) in [6, 6.07) is 6.51. The van der Waals surface area contributed by atoms with Gasteiger partial charge in [0.25, 0.3) is 0 Å². The van der Waals surface area contributed by atoms with Crippen LogP contribution in [0.5, 0.6) is 0 Å². The number of aromatic nitrogens is 2. The summed E-state index contributed by atoms with van der Waals surface area (Å²) < 4.78 is 18.5. The lowest BCUT2D eigenvalue weighted by Crippen LogP contribution is -2.25. The third-order valence-corrected chi connectivity index (χ3v) is 4.51. The zero-order chi connectivity index (χ0) is 14.0. The summed E-state index contributed by atoms with van der Waals surface area (Å²) in [5, 5.41) is 7.33. The Kier molecular flexibility index (Phi) is 3.76. The molecular formula is C14H16FN3OS. The van der Waals surface area contributed by atoms with Gasteiger partial charge in [-0.15, -0.1) is 11.8 Å². The molecule has 1 aliphatic heterocycles. The molecular weight excluding hydrogens is 277 g/mol. The number of hydrogen-bond acceptors (Lipinski definition) is 5. The van der Waals surface area contributed by atoms with Gasteiger partial charge in [-0.1, -0.05) is 11.2 Å². The van der Waals surface area contributed by atoms with Crippen LogP contribution >= 0.6 is 11.8 Å². The molecule has 1 aliphatic rings. The third-order valence-electron chi connectivity index (χ3n) is 3.52. The van der Waals surface area contributed by atoms with E-state index in [1.807, 2.05) is 6.07 Å². The number of rotatable bonds is 4. The summed E-state index contributed by atoms with van der Waals surface area (Å²) in [5.74, 6) is 1.70. The van der Waals surface area contributed by atoms with Crippen LogP contribution in [-0.4, -0.2) is 23.2 Å². The molecule has 0 saturated carbocycles. The van der Waals surface area contributed by atoms with Gasteiger partial charge in [-0.2, -0.15) is 4.98 Å². The van der Waals surface area contributed by atoms with Gasteiger partial charge >= 0.3 is 0 Å². The van der Waals surface area contributed by atoms with Crippen molar-refractivity contribution in [3.05, 3.63) is 41.8 Å². The van der Waals surface area contributed by atoms with Crippen molar-refractivity contribution in [3.63, 3.8) is 0 Å². The molecule has 1 aromatic carbocycles. The number of nitrogens with zero attached hydrogens (tertiary/aromatic N) is 2. The van der Waals surface area contributed by atoms with E-state index in [1.54, 1.807) is 6.07 Å². The van der Waals surface area contributed by atoms with Gasteiger partial charge in [0.15, 0.2) is 5.82 Å². The summed E-state index contributed by atoms with van der Waals surface area (Å²) in [6.07, 6.45) is 1.01. The van der Waals surface area contributed by atoms with Crippen molar-refractivity contribution < 1.29 is 8.91 Å². The van der Waals surface area contributed by atoms with Gasteiger partial charge in [0, 0.05) is 11.4 Å². The Balaban J connectivity index is 1.65. The van der Waals surface area contributed by atoms with Crippen molar-refractivity contribution in [1.29, 1.82) is 0 Å². The molecule has 0 radical (unpaired) electrons. The van der Waals surface area contributed by atoms with E-state index in [4.69, 9.17) is 4.52 Å². The molecule has 3 rings (SSSR count). The predicted molar refractivity (Wildman–Crippen MR) is 75.1 cm³/mol. The van der Waals surface area contributed by atoms with Crippen LogP contribution in [0.4, 0.5) is 4.39 Å². The number of halogens is 1. The fraction of sp³-hybridized carbons (Fsp3) is 0.429. The summed E-state index contributed by atoms with van der Waals surface area (Å²) in [4.78, 5) is 5.33. The summed E-state index contributed by atoms with van der Waals surface area (Å²) in [7, 11) is 0. The predicted octanol–water partition coefficient (Wildman–Crippen LogP) is 2.75. The number of benzene rings is 1. The standard InChI is InChI=1S/C14H16FN3OS/c1-14(5-6-16-9-14)13-17-12(18-19-13)8-20-11-4-2-3-10(15)7-11/h2-4,7,16H,5-6,8-9H2,1H3. The van der Waals surface area contributed by atoms with Crippen LogP contribution < -0.4 is 5.32 Å². The van der Waals surface area contributed by atoms with E-state index in [2.05, 4.69) is 22.4 Å². The maximum Gasteiger partial charge on any atom is 0.233 e. The normalized spacial score (nSPS) is 22.3. The van der Waals surface area contributed by atoms with Gasteiger partial charge in [0.2, 0.25) is 5.89 Å². The van der Waals surface area contributed by atoms with Gasteiger partial charge in [-0.25, -0.2) is 4.39 Å². The molecule has 1 fully saturated rings. The second-order valence-corrected chi connectivity index (χ2v) is 6.30. The Labute approximate surface area is 121 Å². The molecule has 1 N–H and O–H groups in total. The van der Waals surface area contributed by atoms with Gasteiger partial charge in [0.1, 0.15) is 5.82 Å². The molecule has 106 valence electrons. The highest BCUT2D eigenvalue weighted by Gasteiger charge is 2.36. The smallest absolute Gasteiger partial charge is 0.233 e. The van der Waals surface area contributed by atoms with E-state index in [0.717, 1.165) is 24.4 Å². The maximum atomic E-state index is 13.1. The molecule has 2 aromatic rings. The van der Waals surface area contributed by atoms with Gasteiger partial charge in [-0.3, -0.25) is 0 Å². The van der Waals surface area contributed by atoms with Crippen LogP contribution in [0.25, 0.3) is 0 Å². The van der Waals surface area contributed by atoms with E-state index in [1.165, 1.54) is 23.9 Å². The molecule has 1 unspecified atom stereocenters. The fourth-order valence-corrected chi connectivity index (χ4v) is 3.05. The number of thioether (sulfide) groups is 1. The second kappa shape index (κ2) is 5.54. The fourth-order valence-electron chi connectivity index (χ4n) is 2.26. The topological polar surface area (TPSA) is 51.0 Å². The van der Waals surface area contributed by atoms with Crippen LogP contribution in [0.3, 0.4) is 0 Å². The van der Waals surface area contributed by atoms with Crippen molar-refractivity contribution >= 4 is 11.8 Å². The van der Waals surface area contributed by atoms with E-state index in [-0.39, 0.29) is 11.2 Å². The average Bonchev–Trinajstić information content (AvgIpc) is 3.06. The minimum Gasteiger partial charge on any atom is -0.339 e. The van der Waals surface area contributed by atoms with Gasteiger partial charge in [0.05, 0.1) is 11.2 Å². The third kappa shape index (κ3) is 2.86. The van der Waals surface area contributed by atoms with Crippen molar-refractivity contribution in [3.8, 4) is 0 Å². The zero-order valence-corrected chi connectivity index (χ0v) is 12.0. The first-order valence-electron chi connectivity index (χ1n) is 6.58. The largest absolute Gasteiger partial charge is 0.339 e. The Bertz CT molecular complexity index is 596. The van der Waals surface area contributed by atoms with E-state index in [0.29, 0.717) is 17.5 Å². The first-order valence-corrected chi connectivity index (χ1v) is 7.56. The van der Waals surface area contributed by atoms with Crippen molar-refractivity contribution in [2.45, 2.75) is 29.4 Å². The van der Waals surface area contributed by atoms with E-state index < -0.39 is 0 Å². The van der Waals surface area contributed by atoms with Crippen LogP contribution in [0.1, 0.15) is 25.1 Å². The molecule has 0 bridgehead atoms. The van der Waals surface area contributed by atoms with Crippen molar-refractivity contribution in [2.75, 3.05) is 13.1 Å². The Morgan fingerprint density at radius 2 is 2.40 bits per heavy atom. The van der Waals surface area contributed by atoms with Gasteiger partial charge < -0.3 is 9.84 Å². The molecule has 4 nitrogen and oxygen atoms in total. The van der Waals surface area contributed by atoms with E-state index in [9.17, 15) is 4.39 Å². The Morgan fingerprint density at radius 1 is 1.50 bits per heavy atom. The first-order chi connectivity index (χ1) is 9.66. The summed E-state index contributed by atoms with van der Waals surface area (Å²) in [6.45, 7) is 3.97. The van der Waals surface area contributed by atoms with Crippen molar-refractivity contribution in [2.24, 2.45) is 0 Å². The number of nitrogens with one attached hydrogen (secondary N) is 1. The second-order valence-electron chi connectivity index (χ2n) is 5.25. The quantitative estimate of drug-likeness (QED) is 0.878. The van der Waals surface area contributed by atoms with Crippen molar-refractivity contribution in [1.82, 2.24) is 15.5 Å². The molecule has 1 aromatic heterocycles. The Hall–Kier alpha value is -1.40. The molecule has 2 heterocycles. The molecule has 0 spiro atoms. The zero-order valence-electron chi connectivity index (χ0n) is 11.2. The lowest BCUT2D eigenvalue weighted by molar-refractivity contribution is 0.305. The lowest BCUT2D eigenvalue weighted by Gasteiger charge is -2.15. The average molecular weight is 293 g/mol. The minimum absolute atomic E-state index is 0.0607. The minimum atomic E-state index is -0.228. The molecule has 6 heteroatoms. The summed E-state index contributed by atoms with van der Waals surface area (Å²) in [5.41, 5.74) is -0.0607. The summed E-state index contributed by atoms with van der Waals surface area (Å²) >= 11 is 1.50.